The Hall–Kier alpha value is -3.42. The summed E-state index contributed by atoms with van der Waals surface area (Å²) in [6.07, 6.45) is 0. The number of fused-ring (bicyclic) bond motifs is 2. The van der Waals surface area contributed by atoms with E-state index in [1.165, 1.54) is 11.3 Å². The molecule has 6 nitrogen and oxygen atoms in total. The molecule has 5 rings (SSSR count). The van der Waals surface area contributed by atoms with Crippen LogP contribution in [0.4, 0.5) is 5.13 Å². The number of anilines is 1. The average molecular weight is 460 g/mol. The largest absolute Gasteiger partial charge is 0.486 e. The van der Waals surface area contributed by atoms with E-state index in [1.54, 1.807) is 4.90 Å². The van der Waals surface area contributed by atoms with Crippen LogP contribution in [0.2, 0.25) is 0 Å². The van der Waals surface area contributed by atoms with Crippen molar-refractivity contribution in [1.82, 2.24) is 9.88 Å². The standard InChI is InChI=1S/C26H25N3O3S/c1-28(2)12-13-29(25(30)20-10-8-19(9-11-20)18-6-4-3-5-7-18)26-27-21-16-22-23(17-24(21)33-26)32-15-14-31-22/h3-11,16-17H,12-15H2,1-2H3. The quantitative estimate of drug-likeness (QED) is 0.409. The van der Waals surface area contributed by atoms with E-state index < -0.39 is 0 Å². The lowest BCUT2D eigenvalue weighted by Gasteiger charge is -2.22. The zero-order chi connectivity index (χ0) is 22.8. The fourth-order valence-electron chi connectivity index (χ4n) is 3.74. The van der Waals surface area contributed by atoms with E-state index in [0.717, 1.165) is 33.6 Å². The maximum Gasteiger partial charge on any atom is 0.260 e. The summed E-state index contributed by atoms with van der Waals surface area (Å²) in [5.74, 6) is 1.37. The molecule has 0 saturated carbocycles. The summed E-state index contributed by atoms with van der Waals surface area (Å²) in [5, 5.41) is 0.673. The molecule has 7 heteroatoms. The zero-order valence-electron chi connectivity index (χ0n) is 18.7. The number of aromatic nitrogens is 1. The summed E-state index contributed by atoms with van der Waals surface area (Å²) in [6, 6.07) is 21.8. The molecule has 168 valence electrons. The summed E-state index contributed by atoms with van der Waals surface area (Å²) < 4.78 is 12.4. The van der Waals surface area contributed by atoms with E-state index in [9.17, 15) is 4.79 Å². The van der Waals surface area contributed by atoms with Gasteiger partial charge < -0.3 is 14.4 Å². The first kappa shape index (κ1) is 21.4. The highest BCUT2D eigenvalue weighted by atomic mass is 32.1. The van der Waals surface area contributed by atoms with Crippen molar-refractivity contribution < 1.29 is 14.3 Å². The van der Waals surface area contributed by atoms with E-state index in [2.05, 4.69) is 17.0 Å². The van der Waals surface area contributed by atoms with Gasteiger partial charge >= 0.3 is 0 Å². The molecule has 1 aliphatic heterocycles. The molecule has 0 radical (unpaired) electrons. The van der Waals surface area contributed by atoms with E-state index >= 15 is 0 Å². The Morgan fingerprint density at radius 1 is 0.909 bits per heavy atom. The first-order valence-corrected chi connectivity index (χ1v) is 11.7. The van der Waals surface area contributed by atoms with Crippen LogP contribution in [0, 0.1) is 0 Å². The third-order valence-corrected chi connectivity index (χ3v) is 6.57. The van der Waals surface area contributed by atoms with Crippen molar-refractivity contribution in [3.63, 3.8) is 0 Å². The monoisotopic (exact) mass is 459 g/mol. The van der Waals surface area contributed by atoms with Gasteiger partial charge in [-0.1, -0.05) is 53.8 Å². The lowest BCUT2D eigenvalue weighted by atomic mass is 10.0. The zero-order valence-corrected chi connectivity index (χ0v) is 19.5. The van der Waals surface area contributed by atoms with Crippen LogP contribution in [0.25, 0.3) is 21.3 Å². The van der Waals surface area contributed by atoms with Crippen LogP contribution in [-0.4, -0.2) is 56.2 Å². The molecule has 0 saturated heterocycles. The van der Waals surface area contributed by atoms with E-state index in [4.69, 9.17) is 14.5 Å². The number of thiazole rings is 1. The molecule has 0 fully saturated rings. The maximum atomic E-state index is 13.6. The van der Waals surface area contributed by atoms with Gasteiger partial charge in [0.15, 0.2) is 16.6 Å². The number of nitrogens with zero attached hydrogens (tertiary/aromatic N) is 3. The highest BCUT2D eigenvalue weighted by Gasteiger charge is 2.23. The van der Waals surface area contributed by atoms with Crippen molar-refractivity contribution in [3.05, 3.63) is 72.3 Å². The van der Waals surface area contributed by atoms with Crippen molar-refractivity contribution in [3.8, 4) is 22.6 Å². The summed E-state index contributed by atoms with van der Waals surface area (Å²) in [7, 11) is 4.00. The molecular weight excluding hydrogens is 434 g/mol. The second-order valence-corrected chi connectivity index (χ2v) is 9.17. The Kier molecular flexibility index (Phi) is 5.98. The second kappa shape index (κ2) is 9.21. The smallest absolute Gasteiger partial charge is 0.260 e. The molecule has 0 spiro atoms. The number of amides is 1. The third-order valence-electron chi connectivity index (χ3n) is 5.53. The molecule has 1 amide bonds. The van der Waals surface area contributed by atoms with Crippen LogP contribution in [-0.2, 0) is 0 Å². The van der Waals surface area contributed by atoms with Crippen molar-refractivity contribution in [1.29, 1.82) is 0 Å². The number of hydrogen-bond acceptors (Lipinski definition) is 6. The van der Waals surface area contributed by atoms with Gasteiger partial charge in [0.2, 0.25) is 0 Å². The third kappa shape index (κ3) is 4.55. The minimum atomic E-state index is -0.0622. The number of benzene rings is 3. The molecule has 1 aromatic heterocycles. The van der Waals surface area contributed by atoms with Crippen molar-refractivity contribution >= 4 is 32.6 Å². The highest BCUT2D eigenvalue weighted by molar-refractivity contribution is 7.22. The number of carbonyl (C=O) groups excluding carboxylic acids is 1. The van der Waals surface area contributed by atoms with Crippen molar-refractivity contribution in [2.75, 3.05) is 45.3 Å². The van der Waals surface area contributed by atoms with Crippen LogP contribution in [0.1, 0.15) is 10.4 Å². The number of likely N-dealkylation sites (N-methyl/N-ethyl adjacent to an activating group) is 1. The molecule has 1 aliphatic rings. The summed E-state index contributed by atoms with van der Waals surface area (Å²) in [4.78, 5) is 22.2. The van der Waals surface area contributed by atoms with E-state index in [1.807, 2.05) is 68.7 Å². The molecule has 0 bridgehead atoms. The van der Waals surface area contributed by atoms with E-state index in [-0.39, 0.29) is 5.91 Å². The van der Waals surface area contributed by atoms with Crippen molar-refractivity contribution in [2.45, 2.75) is 0 Å². The van der Waals surface area contributed by atoms with Crippen LogP contribution >= 0.6 is 11.3 Å². The molecule has 2 heterocycles. The molecule has 33 heavy (non-hydrogen) atoms. The van der Waals surface area contributed by atoms with Crippen LogP contribution in [0.15, 0.2) is 66.7 Å². The lowest BCUT2D eigenvalue weighted by molar-refractivity contribution is 0.0985. The molecule has 0 unspecified atom stereocenters. The number of carbonyl (C=O) groups is 1. The molecule has 0 aliphatic carbocycles. The van der Waals surface area contributed by atoms with Crippen LogP contribution in [0.5, 0.6) is 11.5 Å². The van der Waals surface area contributed by atoms with E-state index in [0.29, 0.717) is 36.2 Å². The number of hydrogen-bond donors (Lipinski definition) is 0. The minimum Gasteiger partial charge on any atom is -0.486 e. The fraction of sp³-hybridized carbons (Fsp3) is 0.231. The second-order valence-electron chi connectivity index (χ2n) is 8.16. The highest BCUT2D eigenvalue weighted by Crippen LogP contribution is 2.39. The topological polar surface area (TPSA) is 54.9 Å². The van der Waals surface area contributed by atoms with Gasteiger partial charge in [0.25, 0.3) is 5.91 Å². The molecule has 3 aromatic carbocycles. The Morgan fingerprint density at radius 3 is 2.27 bits per heavy atom. The Labute approximate surface area is 197 Å². The van der Waals surface area contributed by atoms with Gasteiger partial charge in [0.05, 0.1) is 10.2 Å². The van der Waals surface area contributed by atoms with Gasteiger partial charge in [-0.15, -0.1) is 0 Å². The van der Waals surface area contributed by atoms with Gasteiger partial charge in [-0.3, -0.25) is 9.69 Å². The predicted octanol–water partition coefficient (Wildman–Crippen LogP) is 4.94. The molecule has 0 N–H and O–H groups in total. The van der Waals surface area contributed by atoms with Gasteiger partial charge in [0, 0.05) is 30.8 Å². The van der Waals surface area contributed by atoms with Gasteiger partial charge in [-0.25, -0.2) is 4.98 Å². The predicted molar refractivity (Wildman–Crippen MR) is 133 cm³/mol. The average Bonchev–Trinajstić information content (AvgIpc) is 3.25. The minimum absolute atomic E-state index is 0.0622. The van der Waals surface area contributed by atoms with Crippen LogP contribution < -0.4 is 14.4 Å². The van der Waals surface area contributed by atoms with Crippen LogP contribution in [0.3, 0.4) is 0 Å². The van der Waals surface area contributed by atoms with Gasteiger partial charge in [-0.05, 0) is 37.4 Å². The summed E-state index contributed by atoms with van der Waals surface area (Å²) in [6.45, 7) is 2.34. The lowest BCUT2D eigenvalue weighted by Crippen LogP contribution is -2.36. The first-order valence-electron chi connectivity index (χ1n) is 10.9. The Morgan fingerprint density at radius 2 is 1.58 bits per heavy atom. The number of ether oxygens (including phenoxy) is 2. The Bertz CT molecular complexity index is 1230. The van der Waals surface area contributed by atoms with Crippen molar-refractivity contribution in [2.24, 2.45) is 0 Å². The fourth-order valence-corrected chi connectivity index (χ4v) is 4.74. The normalized spacial score (nSPS) is 12.8. The maximum absolute atomic E-state index is 13.6. The molecule has 0 atom stereocenters. The Balaban J connectivity index is 1.46. The SMILES string of the molecule is CN(C)CCN(C(=O)c1ccc(-c2ccccc2)cc1)c1nc2cc3c(cc2s1)OCCO3. The summed E-state index contributed by atoms with van der Waals surface area (Å²) >= 11 is 1.49. The molecular formula is C26H25N3O3S. The molecule has 4 aromatic rings. The first-order chi connectivity index (χ1) is 16.1. The number of rotatable bonds is 6. The van der Waals surface area contributed by atoms with Gasteiger partial charge in [0.1, 0.15) is 13.2 Å². The summed E-state index contributed by atoms with van der Waals surface area (Å²) in [5.41, 5.74) is 3.65. The van der Waals surface area contributed by atoms with Gasteiger partial charge in [-0.2, -0.15) is 0 Å².